The van der Waals surface area contributed by atoms with E-state index < -0.39 is 6.10 Å². The van der Waals surface area contributed by atoms with Gasteiger partial charge in [0.2, 0.25) is 0 Å². The third-order valence-corrected chi connectivity index (χ3v) is 14.3. The number of unbranched alkanes of at least 4 members (excludes halogenated alkanes) is 33. The number of hydrogen-bond acceptors (Lipinski definition) is 6. The number of allylic oxidation sites excluding steroid dienone is 16. The lowest BCUT2D eigenvalue weighted by molar-refractivity contribution is -0.167. The van der Waals surface area contributed by atoms with Crippen LogP contribution >= 0.6 is 0 Å². The highest BCUT2D eigenvalue weighted by Crippen LogP contribution is 2.17. The van der Waals surface area contributed by atoms with E-state index in [-0.39, 0.29) is 31.1 Å². The highest BCUT2D eigenvalue weighted by Gasteiger charge is 2.19. The molecular formula is C72H124O6. The Labute approximate surface area is 483 Å². The molecule has 0 heterocycles. The monoisotopic (exact) mass is 1080 g/mol. The molecule has 0 radical (unpaired) electrons. The van der Waals surface area contributed by atoms with Crippen molar-refractivity contribution in [1.82, 2.24) is 0 Å². The summed E-state index contributed by atoms with van der Waals surface area (Å²) in [6.45, 7) is 6.53. The first-order valence-corrected chi connectivity index (χ1v) is 33.2. The first kappa shape index (κ1) is 74.3. The minimum absolute atomic E-state index is 0.0787. The van der Waals surface area contributed by atoms with Crippen molar-refractivity contribution in [1.29, 1.82) is 0 Å². The molecule has 0 aromatic carbocycles. The minimum atomic E-state index is -0.784. The first-order valence-electron chi connectivity index (χ1n) is 33.2. The molecule has 78 heavy (non-hydrogen) atoms. The summed E-state index contributed by atoms with van der Waals surface area (Å²) < 4.78 is 17.0. The molecular weight excluding hydrogens is 961 g/mol. The van der Waals surface area contributed by atoms with Crippen LogP contribution in [0.3, 0.4) is 0 Å². The SMILES string of the molecule is CC/C=C\C/C=C\C/C=C\C/C=C\C/C=C\C/C=C\CCCCCCCCCCC(=O)OCC(COC(=O)CCCCCCCCCCCCCCCC)OC(=O)CCCCCCCCCCC/C=C\C/C=C\CCCCC. The van der Waals surface area contributed by atoms with Gasteiger partial charge >= 0.3 is 17.9 Å². The molecule has 0 aliphatic rings. The second kappa shape index (κ2) is 65.8. The van der Waals surface area contributed by atoms with E-state index in [4.69, 9.17) is 14.2 Å². The van der Waals surface area contributed by atoms with E-state index in [0.717, 1.165) is 109 Å². The van der Waals surface area contributed by atoms with E-state index >= 15 is 0 Å². The molecule has 0 N–H and O–H groups in total. The smallest absolute Gasteiger partial charge is 0.306 e. The van der Waals surface area contributed by atoms with Gasteiger partial charge in [-0.05, 0) is 103 Å². The molecule has 0 aliphatic heterocycles. The molecule has 0 rings (SSSR count). The number of ether oxygens (including phenoxy) is 3. The molecule has 0 aromatic heterocycles. The Hall–Kier alpha value is -3.67. The summed E-state index contributed by atoms with van der Waals surface area (Å²) in [6.07, 6.45) is 88.4. The van der Waals surface area contributed by atoms with Gasteiger partial charge in [-0.25, -0.2) is 0 Å². The molecule has 448 valence electrons. The van der Waals surface area contributed by atoms with E-state index in [0.29, 0.717) is 19.3 Å². The van der Waals surface area contributed by atoms with E-state index in [2.05, 4.69) is 118 Å². The molecule has 0 saturated heterocycles. The van der Waals surface area contributed by atoms with Crippen LogP contribution in [0.1, 0.15) is 323 Å². The lowest BCUT2D eigenvalue weighted by atomic mass is 10.0. The molecule has 1 atom stereocenters. The van der Waals surface area contributed by atoms with E-state index in [1.54, 1.807) is 0 Å². The maximum atomic E-state index is 12.9. The van der Waals surface area contributed by atoms with E-state index in [9.17, 15) is 14.4 Å². The van der Waals surface area contributed by atoms with Gasteiger partial charge in [-0.1, -0.05) is 298 Å². The van der Waals surface area contributed by atoms with Crippen LogP contribution in [0.5, 0.6) is 0 Å². The standard InChI is InChI=1S/C72H124O6/c1-4-7-10-13-16-19-22-25-28-30-32-33-34-35-36-37-38-39-41-42-44-47-50-53-56-59-62-65-71(74)77-68-69(67-76-70(73)64-61-58-55-52-49-46-27-24-21-18-15-12-9-6-3)78-72(75)66-63-60-57-54-51-48-45-43-40-31-29-26-23-20-17-14-11-8-5-2/h7,10,16-17,19-20,25-26,28-29,32-33,35-36,38-39,69H,4-6,8-9,11-15,18,21-24,27,30-31,34,37,40-68H2,1-3H3/b10-7-,19-16-,20-17-,28-25-,29-26-,33-32-,36-35-,39-38-. The summed E-state index contributed by atoms with van der Waals surface area (Å²) in [5, 5.41) is 0. The van der Waals surface area contributed by atoms with Gasteiger partial charge in [-0.2, -0.15) is 0 Å². The van der Waals surface area contributed by atoms with Crippen LogP contribution in [0, 0.1) is 0 Å². The van der Waals surface area contributed by atoms with Gasteiger partial charge in [0.15, 0.2) is 6.10 Å². The third kappa shape index (κ3) is 63.2. The Morgan fingerprint density at radius 1 is 0.269 bits per heavy atom. The third-order valence-electron chi connectivity index (χ3n) is 14.3. The van der Waals surface area contributed by atoms with Crippen LogP contribution in [0.4, 0.5) is 0 Å². The highest BCUT2D eigenvalue weighted by atomic mass is 16.6. The summed E-state index contributed by atoms with van der Waals surface area (Å²) in [7, 11) is 0. The van der Waals surface area contributed by atoms with Crippen molar-refractivity contribution >= 4 is 17.9 Å². The Bertz CT molecular complexity index is 1530. The van der Waals surface area contributed by atoms with Gasteiger partial charge in [0.1, 0.15) is 13.2 Å². The predicted octanol–water partition coefficient (Wildman–Crippen LogP) is 22.8. The number of hydrogen-bond donors (Lipinski definition) is 0. The van der Waals surface area contributed by atoms with Crippen LogP contribution < -0.4 is 0 Å². The van der Waals surface area contributed by atoms with Gasteiger partial charge in [0.25, 0.3) is 0 Å². The normalized spacial score (nSPS) is 12.7. The van der Waals surface area contributed by atoms with Crippen LogP contribution in [-0.4, -0.2) is 37.2 Å². The number of carbonyl (C=O) groups is 3. The highest BCUT2D eigenvalue weighted by molar-refractivity contribution is 5.71. The fourth-order valence-electron chi connectivity index (χ4n) is 9.36. The van der Waals surface area contributed by atoms with Crippen LogP contribution in [-0.2, 0) is 28.6 Å². The zero-order chi connectivity index (χ0) is 56.4. The zero-order valence-corrected chi connectivity index (χ0v) is 51.4. The molecule has 0 spiro atoms. The lowest BCUT2D eigenvalue weighted by Gasteiger charge is -2.18. The van der Waals surface area contributed by atoms with Gasteiger partial charge in [-0.15, -0.1) is 0 Å². The van der Waals surface area contributed by atoms with Crippen molar-refractivity contribution in [2.75, 3.05) is 13.2 Å². The summed E-state index contributed by atoms with van der Waals surface area (Å²) in [6, 6.07) is 0. The van der Waals surface area contributed by atoms with Gasteiger partial charge in [0, 0.05) is 19.3 Å². The second-order valence-electron chi connectivity index (χ2n) is 22.0. The number of rotatable bonds is 60. The Morgan fingerprint density at radius 3 is 0.808 bits per heavy atom. The molecule has 0 amide bonds. The molecule has 0 aromatic rings. The maximum absolute atomic E-state index is 12.9. The van der Waals surface area contributed by atoms with Crippen molar-refractivity contribution in [3.8, 4) is 0 Å². The van der Waals surface area contributed by atoms with Crippen LogP contribution in [0.2, 0.25) is 0 Å². The lowest BCUT2D eigenvalue weighted by Crippen LogP contribution is -2.30. The molecule has 6 heteroatoms. The second-order valence-corrected chi connectivity index (χ2v) is 22.0. The first-order chi connectivity index (χ1) is 38.5. The molecule has 1 unspecified atom stereocenters. The largest absolute Gasteiger partial charge is 0.462 e. The molecule has 0 aliphatic carbocycles. The van der Waals surface area contributed by atoms with Gasteiger partial charge in [0.05, 0.1) is 0 Å². The van der Waals surface area contributed by atoms with Crippen molar-refractivity contribution < 1.29 is 28.6 Å². The average Bonchev–Trinajstić information content (AvgIpc) is 3.44. The summed E-state index contributed by atoms with van der Waals surface area (Å²) in [5.41, 5.74) is 0. The van der Waals surface area contributed by atoms with E-state index in [1.165, 1.54) is 173 Å². The fraction of sp³-hybridized carbons (Fsp3) is 0.736. The maximum Gasteiger partial charge on any atom is 0.306 e. The minimum Gasteiger partial charge on any atom is -0.462 e. The topological polar surface area (TPSA) is 78.9 Å². The average molecular weight is 1090 g/mol. The van der Waals surface area contributed by atoms with E-state index in [1.807, 2.05) is 0 Å². The Kier molecular flexibility index (Phi) is 62.7. The van der Waals surface area contributed by atoms with Crippen molar-refractivity contribution in [3.05, 3.63) is 97.2 Å². The van der Waals surface area contributed by atoms with Gasteiger partial charge in [-0.3, -0.25) is 14.4 Å². The fourth-order valence-corrected chi connectivity index (χ4v) is 9.36. The van der Waals surface area contributed by atoms with Crippen LogP contribution in [0.25, 0.3) is 0 Å². The number of carbonyl (C=O) groups excluding carboxylic acids is 3. The number of esters is 3. The predicted molar refractivity (Wildman–Crippen MR) is 339 cm³/mol. The van der Waals surface area contributed by atoms with Crippen molar-refractivity contribution in [3.63, 3.8) is 0 Å². The van der Waals surface area contributed by atoms with Crippen molar-refractivity contribution in [2.45, 2.75) is 329 Å². The molecule has 0 saturated carbocycles. The quantitative estimate of drug-likeness (QED) is 0.0261. The Morgan fingerprint density at radius 2 is 0.500 bits per heavy atom. The zero-order valence-electron chi connectivity index (χ0n) is 51.4. The van der Waals surface area contributed by atoms with Crippen LogP contribution in [0.15, 0.2) is 97.2 Å². The Balaban J connectivity index is 4.34. The van der Waals surface area contributed by atoms with Gasteiger partial charge < -0.3 is 14.2 Å². The molecule has 0 bridgehead atoms. The molecule has 0 fully saturated rings. The summed E-state index contributed by atoms with van der Waals surface area (Å²) in [4.78, 5) is 38.4. The van der Waals surface area contributed by atoms with Crippen molar-refractivity contribution in [2.24, 2.45) is 0 Å². The molecule has 6 nitrogen and oxygen atoms in total. The summed E-state index contributed by atoms with van der Waals surface area (Å²) in [5.74, 6) is -0.878. The summed E-state index contributed by atoms with van der Waals surface area (Å²) >= 11 is 0.